The Kier molecular flexibility index (Phi) is 5.97. The number of allylic oxidation sites excluding steroid dienone is 3. The van der Waals surface area contributed by atoms with E-state index in [-0.39, 0.29) is 17.3 Å². The molecule has 4 heteroatoms. The van der Waals surface area contributed by atoms with Gasteiger partial charge >= 0.3 is 0 Å². The van der Waals surface area contributed by atoms with Crippen LogP contribution in [0.4, 0.5) is 0 Å². The number of hydrogen-bond donors (Lipinski definition) is 1. The van der Waals surface area contributed by atoms with Gasteiger partial charge in [0.05, 0.1) is 19.8 Å². The molecule has 0 saturated carbocycles. The lowest BCUT2D eigenvalue weighted by Gasteiger charge is -2.30. The molecule has 0 amide bonds. The van der Waals surface area contributed by atoms with Crippen LogP contribution in [-0.4, -0.2) is 24.9 Å². The molecule has 3 rings (SSSR count). The number of aromatic hydroxyl groups is 1. The van der Waals surface area contributed by atoms with Crippen molar-refractivity contribution >= 4 is 11.6 Å². The third-order valence-corrected chi connectivity index (χ3v) is 5.48. The predicted octanol–water partition coefficient (Wildman–Crippen LogP) is 6.28. The number of hydrogen-bond acceptors (Lipinski definition) is 4. The van der Waals surface area contributed by atoms with Crippen LogP contribution in [0.1, 0.15) is 48.9 Å². The summed E-state index contributed by atoms with van der Waals surface area (Å²) >= 11 is 0. The predicted molar refractivity (Wildman–Crippen MR) is 123 cm³/mol. The maximum absolute atomic E-state index is 10.1. The smallest absolute Gasteiger partial charge is 0.161 e. The zero-order valence-electron chi connectivity index (χ0n) is 18.6. The lowest BCUT2D eigenvalue weighted by molar-refractivity contribution is 0.158. The summed E-state index contributed by atoms with van der Waals surface area (Å²) in [5.41, 5.74) is 4.64. The van der Waals surface area contributed by atoms with Crippen LogP contribution in [-0.2, 0) is 0 Å². The molecule has 0 aliphatic carbocycles. The summed E-state index contributed by atoms with van der Waals surface area (Å²) in [6.07, 6.45) is 7.89. The van der Waals surface area contributed by atoms with Crippen molar-refractivity contribution < 1.29 is 19.3 Å². The van der Waals surface area contributed by atoms with Crippen LogP contribution in [0.2, 0.25) is 0 Å². The van der Waals surface area contributed by atoms with Gasteiger partial charge in [0.15, 0.2) is 11.5 Å². The monoisotopic (exact) mass is 406 g/mol. The van der Waals surface area contributed by atoms with Gasteiger partial charge in [-0.05, 0) is 67.8 Å². The molecule has 0 fully saturated rings. The van der Waals surface area contributed by atoms with Crippen molar-refractivity contribution in [2.24, 2.45) is 0 Å². The molecule has 1 N–H and O–H groups in total. The minimum atomic E-state index is -0.348. The highest BCUT2D eigenvalue weighted by atomic mass is 16.5. The van der Waals surface area contributed by atoms with E-state index in [1.165, 1.54) is 0 Å². The third kappa shape index (κ3) is 3.95. The fourth-order valence-corrected chi connectivity index (χ4v) is 3.92. The molecule has 0 aromatic heterocycles. The molecule has 0 bridgehead atoms. The molecule has 4 nitrogen and oxygen atoms in total. The second kappa shape index (κ2) is 8.31. The molecular weight excluding hydrogens is 376 g/mol. The van der Waals surface area contributed by atoms with Gasteiger partial charge in [0.1, 0.15) is 17.1 Å². The van der Waals surface area contributed by atoms with Gasteiger partial charge < -0.3 is 19.3 Å². The average Bonchev–Trinajstić information content (AvgIpc) is 2.70. The van der Waals surface area contributed by atoms with Crippen LogP contribution in [0.3, 0.4) is 0 Å². The molecule has 1 heterocycles. The molecule has 0 saturated heterocycles. The minimum Gasteiger partial charge on any atom is -0.504 e. The zero-order chi connectivity index (χ0) is 22.1. The maximum atomic E-state index is 10.1. The third-order valence-electron chi connectivity index (χ3n) is 5.48. The number of aryl methyl sites for hydroxylation is 1. The van der Waals surface area contributed by atoms with Crippen LogP contribution in [0, 0.1) is 6.92 Å². The van der Waals surface area contributed by atoms with E-state index in [1.54, 1.807) is 26.4 Å². The Labute approximate surface area is 179 Å². The first-order valence-corrected chi connectivity index (χ1v) is 10.0. The lowest BCUT2D eigenvalue weighted by Crippen LogP contribution is -2.27. The summed E-state index contributed by atoms with van der Waals surface area (Å²) in [4.78, 5) is 0. The fourth-order valence-electron chi connectivity index (χ4n) is 3.92. The molecule has 1 aliphatic rings. The number of ether oxygens (including phenoxy) is 3. The Morgan fingerprint density at radius 1 is 1.20 bits per heavy atom. The Balaban J connectivity index is 2.14. The van der Waals surface area contributed by atoms with E-state index in [9.17, 15) is 5.11 Å². The Bertz CT molecular complexity index is 1030. The standard InChI is InChI=1S/C26H30O4/c1-8-9-18(21-15-24(28-6)22(27)14-16(21)2)17(3)19-10-11-23-20(25(19)29-7)12-13-26(4,5)30-23/h8-15,17,27H,1H2,2-7H3/b18-9-. The molecule has 30 heavy (non-hydrogen) atoms. The zero-order valence-corrected chi connectivity index (χ0v) is 18.6. The molecule has 2 aromatic carbocycles. The van der Waals surface area contributed by atoms with Crippen molar-refractivity contribution in [3.8, 4) is 23.0 Å². The SMILES string of the molecule is C=C/C=C(\c1cc(OC)c(O)cc1C)C(C)c1ccc2c(c1OC)C=CC(C)(C)O2. The molecule has 0 spiro atoms. The highest BCUT2D eigenvalue weighted by Crippen LogP contribution is 2.45. The van der Waals surface area contributed by atoms with Crippen LogP contribution in [0.25, 0.3) is 11.6 Å². The Hall–Kier alpha value is -3.14. The first-order chi connectivity index (χ1) is 14.2. The van der Waals surface area contributed by atoms with Crippen molar-refractivity contribution in [2.45, 2.75) is 39.2 Å². The Morgan fingerprint density at radius 2 is 1.93 bits per heavy atom. The van der Waals surface area contributed by atoms with E-state index in [4.69, 9.17) is 14.2 Å². The largest absolute Gasteiger partial charge is 0.504 e. The number of methoxy groups -OCH3 is 2. The normalized spacial score (nSPS) is 15.7. The van der Waals surface area contributed by atoms with Crippen LogP contribution in [0.15, 0.2) is 49.1 Å². The number of phenols is 1. The summed E-state index contributed by atoms with van der Waals surface area (Å²) in [7, 11) is 3.24. The van der Waals surface area contributed by atoms with Crippen molar-refractivity contribution in [1.82, 2.24) is 0 Å². The van der Waals surface area contributed by atoms with E-state index < -0.39 is 0 Å². The minimum absolute atomic E-state index is 0.000430. The summed E-state index contributed by atoms with van der Waals surface area (Å²) < 4.78 is 17.3. The molecular formula is C26H30O4. The number of phenolic OH excluding ortho intramolecular Hbond substituents is 1. The summed E-state index contributed by atoms with van der Waals surface area (Å²) in [6.45, 7) is 12.1. The second-order valence-corrected chi connectivity index (χ2v) is 8.06. The van der Waals surface area contributed by atoms with Gasteiger partial charge in [-0.3, -0.25) is 0 Å². The summed E-state index contributed by atoms with van der Waals surface area (Å²) in [5, 5.41) is 10.1. The van der Waals surface area contributed by atoms with Gasteiger partial charge in [0.25, 0.3) is 0 Å². The first kappa shape index (κ1) is 21.6. The highest BCUT2D eigenvalue weighted by molar-refractivity contribution is 5.79. The van der Waals surface area contributed by atoms with Crippen LogP contribution < -0.4 is 14.2 Å². The van der Waals surface area contributed by atoms with Crippen molar-refractivity contribution in [3.63, 3.8) is 0 Å². The summed E-state index contributed by atoms with van der Waals surface area (Å²) in [5.74, 6) is 2.17. The van der Waals surface area contributed by atoms with Gasteiger partial charge in [-0.25, -0.2) is 0 Å². The van der Waals surface area contributed by atoms with E-state index in [0.717, 1.165) is 39.3 Å². The molecule has 0 radical (unpaired) electrons. The molecule has 1 atom stereocenters. The van der Waals surface area contributed by atoms with Gasteiger partial charge in [-0.2, -0.15) is 0 Å². The highest BCUT2D eigenvalue weighted by Gasteiger charge is 2.27. The van der Waals surface area contributed by atoms with Gasteiger partial charge in [-0.15, -0.1) is 0 Å². The number of fused-ring (bicyclic) bond motifs is 1. The first-order valence-electron chi connectivity index (χ1n) is 10.0. The van der Waals surface area contributed by atoms with Crippen molar-refractivity contribution in [1.29, 1.82) is 0 Å². The summed E-state index contributed by atoms with van der Waals surface area (Å²) in [6, 6.07) is 7.65. The van der Waals surface area contributed by atoms with Crippen molar-refractivity contribution in [3.05, 3.63) is 71.3 Å². The molecule has 158 valence electrons. The van der Waals surface area contributed by atoms with Gasteiger partial charge in [0, 0.05) is 11.5 Å². The van der Waals surface area contributed by atoms with E-state index >= 15 is 0 Å². The fraction of sp³-hybridized carbons (Fsp3) is 0.308. The van der Waals surface area contributed by atoms with E-state index in [0.29, 0.717) is 5.75 Å². The number of rotatable bonds is 6. The van der Waals surface area contributed by atoms with E-state index in [1.807, 2.05) is 45.1 Å². The lowest BCUT2D eigenvalue weighted by atomic mass is 9.84. The number of benzene rings is 2. The quantitative estimate of drug-likeness (QED) is 0.574. The van der Waals surface area contributed by atoms with Crippen molar-refractivity contribution in [2.75, 3.05) is 14.2 Å². The Morgan fingerprint density at radius 3 is 2.57 bits per heavy atom. The van der Waals surface area contributed by atoms with Gasteiger partial charge in [-0.1, -0.05) is 31.7 Å². The molecule has 1 unspecified atom stereocenters. The van der Waals surface area contributed by atoms with Gasteiger partial charge in [0.2, 0.25) is 0 Å². The van der Waals surface area contributed by atoms with E-state index in [2.05, 4.69) is 25.6 Å². The molecule has 2 aromatic rings. The second-order valence-electron chi connectivity index (χ2n) is 8.06. The topological polar surface area (TPSA) is 47.9 Å². The molecule has 1 aliphatic heterocycles. The average molecular weight is 407 g/mol. The van der Waals surface area contributed by atoms with Crippen LogP contribution >= 0.6 is 0 Å². The van der Waals surface area contributed by atoms with Crippen LogP contribution in [0.5, 0.6) is 23.0 Å². The maximum Gasteiger partial charge on any atom is 0.161 e.